The predicted octanol–water partition coefficient (Wildman–Crippen LogP) is 1.71. The van der Waals surface area contributed by atoms with Crippen LogP contribution in [0.1, 0.15) is 29.8 Å². The van der Waals surface area contributed by atoms with Crippen molar-refractivity contribution in [1.82, 2.24) is 20.0 Å². The lowest BCUT2D eigenvalue weighted by Gasteiger charge is -2.47. The molecule has 7 heteroatoms. The van der Waals surface area contributed by atoms with Crippen molar-refractivity contribution in [3.8, 4) is 0 Å². The van der Waals surface area contributed by atoms with Gasteiger partial charge >= 0.3 is 6.03 Å². The molecule has 1 fully saturated rings. The molecule has 0 atom stereocenters. The molecule has 1 aliphatic heterocycles. The Hall–Kier alpha value is -2.83. The third-order valence-electron chi connectivity index (χ3n) is 4.65. The number of carbonyl (C=O) groups is 3. The highest BCUT2D eigenvalue weighted by atomic mass is 16.2. The molecule has 1 saturated heterocycles. The lowest BCUT2D eigenvalue weighted by Crippen LogP contribution is -2.63. The quantitative estimate of drug-likeness (QED) is 0.818. The van der Waals surface area contributed by atoms with E-state index in [-0.39, 0.29) is 17.8 Å². The van der Waals surface area contributed by atoms with Gasteiger partial charge in [-0.2, -0.15) is 0 Å². The number of hydrogen-bond donors (Lipinski definition) is 1. The highest BCUT2D eigenvalue weighted by molar-refractivity contribution is 5.95. The Kier molecular flexibility index (Phi) is 6.25. The fourth-order valence-corrected chi connectivity index (χ4v) is 3.16. The van der Waals surface area contributed by atoms with Crippen LogP contribution in [0.3, 0.4) is 0 Å². The van der Waals surface area contributed by atoms with Crippen LogP contribution in [0.25, 0.3) is 0 Å². The summed E-state index contributed by atoms with van der Waals surface area (Å²) in [5.74, 6) is -0.291. The second-order valence-corrected chi connectivity index (χ2v) is 7.49. The zero-order chi connectivity index (χ0) is 20.2. The van der Waals surface area contributed by atoms with Crippen LogP contribution in [0, 0.1) is 0 Å². The van der Waals surface area contributed by atoms with E-state index in [0.717, 1.165) is 5.56 Å². The van der Waals surface area contributed by atoms with Gasteiger partial charge in [0.15, 0.2) is 0 Å². The maximum absolute atomic E-state index is 13.0. The number of nitrogens with zero attached hydrogens (tertiary/aromatic N) is 3. The summed E-state index contributed by atoms with van der Waals surface area (Å²) in [5, 5.41) is 2.70. The Morgan fingerprint density at radius 2 is 1.81 bits per heavy atom. The molecular formula is C20H28N4O3. The molecule has 1 heterocycles. The minimum Gasteiger partial charge on any atom is -0.348 e. The van der Waals surface area contributed by atoms with Gasteiger partial charge in [0, 0.05) is 45.8 Å². The second-order valence-electron chi connectivity index (χ2n) is 7.49. The first-order valence-corrected chi connectivity index (χ1v) is 8.93. The van der Waals surface area contributed by atoms with Crippen molar-refractivity contribution >= 4 is 17.8 Å². The molecule has 7 nitrogen and oxygen atoms in total. The maximum atomic E-state index is 13.0. The molecule has 1 aromatic rings. The van der Waals surface area contributed by atoms with Crippen LogP contribution in [0.4, 0.5) is 4.79 Å². The van der Waals surface area contributed by atoms with E-state index in [1.165, 1.54) is 6.08 Å². The van der Waals surface area contributed by atoms with Gasteiger partial charge in [-0.15, -0.1) is 0 Å². The Balaban J connectivity index is 2.05. The minimum atomic E-state index is -0.461. The van der Waals surface area contributed by atoms with Crippen molar-refractivity contribution < 1.29 is 14.4 Å². The van der Waals surface area contributed by atoms with Gasteiger partial charge in [0.1, 0.15) is 0 Å². The van der Waals surface area contributed by atoms with E-state index < -0.39 is 5.54 Å². The van der Waals surface area contributed by atoms with Crippen LogP contribution in [0.15, 0.2) is 36.9 Å². The predicted molar refractivity (Wildman–Crippen MR) is 104 cm³/mol. The monoisotopic (exact) mass is 372 g/mol. The van der Waals surface area contributed by atoms with Crippen LogP contribution < -0.4 is 5.32 Å². The molecule has 146 valence electrons. The Labute approximate surface area is 160 Å². The van der Waals surface area contributed by atoms with E-state index in [9.17, 15) is 14.4 Å². The van der Waals surface area contributed by atoms with Crippen molar-refractivity contribution in [3.05, 3.63) is 48.0 Å². The summed E-state index contributed by atoms with van der Waals surface area (Å²) in [5.41, 5.74) is 1.04. The summed E-state index contributed by atoms with van der Waals surface area (Å²) >= 11 is 0. The molecule has 0 unspecified atom stereocenters. The van der Waals surface area contributed by atoms with Gasteiger partial charge in [-0.25, -0.2) is 4.79 Å². The summed E-state index contributed by atoms with van der Waals surface area (Å²) in [4.78, 5) is 41.6. The van der Waals surface area contributed by atoms with Crippen LogP contribution in [-0.4, -0.2) is 71.8 Å². The number of carbonyl (C=O) groups excluding carboxylic acids is 3. The summed E-state index contributed by atoms with van der Waals surface area (Å²) < 4.78 is 0. The average Bonchev–Trinajstić information content (AvgIpc) is 2.64. The molecule has 0 bridgehead atoms. The van der Waals surface area contributed by atoms with E-state index in [1.54, 1.807) is 36.0 Å². The number of nitrogens with one attached hydrogen (secondary N) is 1. The van der Waals surface area contributed by atoms with E-state index in [0.29, 0.717) is 31.7 Å². The Morgan fingerprint density at radius 1 is 1.19 bits per heavy atom. The lowest BCUT2D eigenvalue weighted by atomic mass is 9.97. The van der Waals surface area contributed by atoms with E-state index in [1.807, 2.05) is 30.9 Å². The molecule has 1 N–H and O–H groups in total. The van der Waals surface area contributed by atoms with Gasteiger partial charge in [-0.1, -0.05) is 18.7 Å². The standard InChI is InChI=1S/C20H28N4O3/c1-6-17(25)21-13-15-7-9-16(10-8-15)18(26)24-12-11-23(14-20(24,2)3)19(27)22(4)5/h6-10H,1,11-14H2,2-5H3,(H,21,25). The van der Waals surface area contributed by atoms with Crippen molar-refractivity contribution in [2.24, 2.45) is 0 Å². The van der Waals surface area contributed by atoms with Crippen LogP contribution in [-0.2, 0) is 11.3 Å². The van der Waals surface area contributed by atoms with E-state index in [2.05, 4.69) is 11.9 Å². The topological polar surface area (TPSA) is 73.0 Å². The number of rotatable bonds is 4. The molecule has 4 amide bonds. The molecule has 2 rings (SSSR count). The van der Waals surface area contributed by atoms with Gasteiger partial charge in [-0.3, -0.25) is 9.59 Å². The van der Waals surface area contributed by atoms with Crippen molar-refractivity contribution in [2.45, 2.75) is 25.9 Å². The molecule has 0 spiro atoms. The first kappa shape index (κ1) is 20.5. The largest absolute Gasteiger partial charge is 0.348 e. The van der Waals surface area contributed by atoms with Crippen LogP contribution in [0.5, 0.6) is 0 Å². The van der Waals surface area contributed by atoms with E-state index >= 15 is 0 Å². The highest BCUT2D eigenvalue weighted by Gasteiger charge is 2.38. The molecule has 27 heavy (non-hydrogen) atoms. The minimum absolute atomic E-state index is 0.0406. The second kappa shape index (κ2) is 8.24. The summed E-state index contributed by atoms with van der Waals surface area (Å²) in [6.07, 6.45) is 1.22. The van der Waals surface area contributed by atoms with Crippen molar-refractivity contribution in [2.75, 3.05) is 33.7 Å². The fourth-order valence-electron chi connectivity index (χ4n) is 3.16. The lowest BCUT2D eigenvalue weighted by molar-refractivity contribution is -0.116. The van der Waals surface area contributed by atoms with Gasteiger partial charge in [-0.05, 0) is 37.6 Å². The van der Waals surface area contributed by atoms with Crippen LogP contribution in [0.2, 0.25) is 0 Å². The van der Waals surface area contributed by atoms with Crippen molar-refractivity contribution in [3.63, 3.8) is 0 Å². The van der Waals surface area contributed by atoms with Gasteiger partial charge < -0.3 is 20.0 Å². The van der Waals surface area contributed by atoms with Crippen LogP contribution >= 0.6 is 0 Å². The molecule has 1 aliphatic rings. The first-order valence-electron chi connectivity index (χ1n) is 8.93. The smallest absolute Gasteiger partial charge is 0.319 e. The molecule has 0 saturated carbocycles. The molecule has 0 aromatic heterocycles. The zero-order valence-electron chi connectivity index (χ0n) is 16.5. The molecule has 0 radical (unpaired) electrons. The average molecular weight is 372 g/mol. The molecular weight excluding hydrogens is 344 g/mol. The normalized spacial score (nSPS) is 15.9. The Bertz CT molecular complexity index is 725. The summed E-state index contributed by atoms with van der Waals surface area (Å²) in [6.45, 7) is 9.23. The number of piperazine rings is 1. The number of benzene rings is 1. The number of hydrogen-bond acceptors (Lipinski definition) is 3. The fraction of sp³-hybridized carbons (Fsp3) is 0.450. The van der Waals surface area contributed by atoms with Gasteiger partial charge in [0.2, 0.25) is 5.91 Å². The molecule has 1 aromatic carbocycles. The van der Waals surface area contributed by atoms with E-state index in [4.69, 9.17) is 0 Å². The third kappa shape index (κ3) is 4.87. The number of amides is 4. The molecule has 0 aliphatic carbocycles. The van der Waals surface area contributed by atoms with Crippen molar-refractivity contribution in [1.29, 1.82) is 0 Å². The van der Waals surface area contributed by atoms with Gasteiger partial charge in [0.25, 0.3) is 5.91 Å². The number of urea groups is 1. The third-order valence-corrected chi connectivity index (χ3v) is 4.65. The summed E-state index contributed by atoms with van der Waals surface area (Å²) in [7, 11) is 3.46. The SMILES string of the molecule is C=CC(=O)NCc1ccc(C(=O)N2CCN(C(=O)N(C)C)CC2(C)C)cc1. The highest BCUT2D eigenvalue weighted by Crippen LogP contribution is 2.24. The zero-order valence-corrected chi connectivity index (χ0v) is 16.5. The maximum Gasteiger partial charge on any atom is 0.319 e. The Morgan fingerprint density at radius 3 is 2.33 bits per heavy atom. The van der Waals surface area contributed by atoms with Gasteiger partial charge in [0.05, 0.1) is 5.54 Å². The summed E-state index contributed by atoms with van der Waals surface area (Å²) in [6, 6.07) is 7.15. The first-order chi connectivity index (χ1) is 12.7.